The zero-order valence-corrected chi connectivity index (χ0v) is 13.1. The predicted octanol–water partition coefficient (Wildman–Crippen LogP) is 1.54. The molecule has 112 valence electrons. The molecule has 0 aliphatic heterocycles. The molecule has 1 heterocycles. The maximum Gasteiger partial charge on any atom is 0.357 e. The number of nitrogens with zero attached hydrogens (tertiary/aromatic N) is 3. The number of aromatic amines is 1. The van der Waals surface area contributed by atoms with Gasteiger partial charge in [0.05, 0.1) is 0 Å². The molecule has 1 aromatic rings. The van der Waals surface area contributed by atoms with Crippen LogP contribution in [0.5, 0.6) is 0 Å². The van der Waals surface area contributed by atoms with Crippen molar-refractivity contribution in [3.63, 3.8) is 0 Å². The molecular weight excluding hydrogens is 330 g/mol. The Labute approximate surface area is 125 Å². The second-order valence-electron chi connectivity index (χ2n) is 4.13. The lowest BCUT2D eigenvalue weighted by molar-refractivity contribution is -0.390. The van der Waals surface area contributed by atoms with Gasteiger partial charge in [0, 0.05) is 6.54 Å². The van der Waals surface area contributed by atoms with E-state index in [0.717, 1.165) is 26.1 Å². The average Bonchev–Trinajstić information content (AvgIpc) is 2.80. The summed E-state index contributed by atoms with van der Waals surface area (Å²) in [6, 6.07) is 0. The number of nitrogens with one attached hydrogen (secondary N) is 2. The van der Waals surface area contributed by atoms with E-state index in [4.69, 9.17) is 0 Å². The van der Waals surface area contributed by atoms with Crippen LogP contribution < -0.4 is 5.32 Å². The van der Waals surface area contributed by atoms with Gasteiger partial charge in [0.15, 0.2) is 5.69 Å². The van der Waals surface area contributed by atoms with Crippen molar-refractivity contribution >= 4 is 27.7 Å². The quantitative estimate of drug-likeness (QED) is 0.421. The first kappa shape index (κ1) is 16.6. The number of carbonyl (C=O) groups is 1. The number of hydrogen-bond acceptors (Lipinski definition) is 5. The summed E-state index contributed by atoms with van der Waals surface area (Å²) >= 11 is 3.00. The van der Waals surface area contributed by atoms with E-state index in [2.05, 4.69) is 50.2 Å². The first-order valence-corrected chi connectivity index (χ1v) is 7.19. The highest BCUT2D eigenvalue weighted by molar-refractivity contribution is 9.10. The molecular formula is C11H18BrN5O3. The highest BCUT2D eigenvalue weighted by Crippen LogP contribution is 2.25. The number of hydrogen-bond donors (Lipinski definition) is 2. The van der Waals surface area contributed by atoms with Crippen molar-refractivity contribution in [2.75, 3.05) is 26.2 Å². The monoisotopic (exact) mass is 347 g/mol. The van der Waals surface area contributed by atoms with Gasteiger partial charge in [0.2, 0.25) is 0 Å². The number of rotatable bonds is 8. The number of aromatic nitrogens is 2. The fraction of sp³-hybridized carbons (Fsp3) is 0.636. The molecule has 1 amide bonds. The summed E-state index contributed by atoms with van der Waals surface area (Å²) in [5.41, 5.74) is -0.000427. The first-order valence-electron chi connectivity index (χ1n) is 6.40. The molecule has 0 fully saturated rings. The van der Waals surface area contributed by atoms with E-state index in [0.29, 0.717) is 6.54 Å². The van der Waals surface area contributed by atoms with E-state index < -0.39 is 10.8 Å². The molecule has 1 aromatic heterocycles. The van der Waals surface area contributed by atoms with Gasteiger partial charge in [-0.2, -0.15) is 0 Å². The predicted molar refractivity (Wildman–Crippen MR) is 77.7 cm³/mol. The van der Waals surface area contributed by atoms with Crippen molar-refractivity contribution in [3.8, 4) is 0 Å². The van der Waals surface area contributed by atoms with Crippen LogP contribution >= 0.6 is 15.9 Å². The van der Waals surface area contributed by atoms with Gasteiger partial charge in [-0.25, -0.2) is 0 Å². The zero-order chi connectivity index (χ0) is 15.1. The normalized spacial score (nSPS) is 10.8. The van der Waals surface area contributed by atoms with E-state index in [1.807, 2.05) is 0 Å². The Morgan fingerprint density at radius 1 is 1.50 bits per heavy atom. The molecule has 0 bridgehead atoms. The topological polar surface area (TPSA) is 104 Å². The summed E-state index contributed by atoms with van der Waals surface area (Å²) in [6.45, 7) is 7.52. The maximum atomic E-state index is 11.8. The molecule has 0 spiro atoms. The number of carbonyl (C=O) groups excluding carboxylic acids is 1. The van der Waals surface area contributed by atoms with E-state index in [1.54, 1.807) is 0 Å². The van der Waals surface area contributed by atoms with Crippen LogP contribution in [0.3, 0.4) is 0 Å². The SMILES string of the molecule is CCN(CC)CCCNC(=O)c1n[nH]c([N+](=O)[O-])c1Br. The van der Waals surface area contributed by atoms with Crippen LogP contribution in [0.2, 0.25) is 0 Å². The Morgan fingerprint density at radius 2 is 2.15 bits per heavy atom. The molecule has 1 rings (SSSR count). The van der Waals surface area contributed by atoms with E-state index >= 15 is 0 Å². The zero-order valence-electron chi connectivity index (χ0n) is 11.5. The minimum Gasteiger partial charge on any atom is -0.358 e. The van der Waals surface area contributed by atoms with Crippen molar-refractivity contribution in [1.82, 2.24) is 20.4 Å². The highest BCUT2D eigenvalue weighted by atomic mass is 79.9. The molecule has 0 aliphatic carbocycles. The van der Waals surface area contributed by atoms with Gasteiger partial charge >= 0.3 is 5.82 Å². The van der Waals surface area contributed by atoms with Crippen LogP contribution in [0.4, 0.5) is 5.82 Å². The van der Waals surface area contributed by atoms with E-state index in [9.17, 15) is 14.9 Å². The van der Waals surface area contributed by atoms with Crippen LogP contribution in [0.1, 0.15) is 30.8 Å². The van der Waals surface area contributed by atoms with Crippen molar-refractivity contribution < 1.29 is 9.72 Å². The van der Waals surface area contributed by atoms with Crippen molar-refractivity contribution in [2.45, 2.75) is 20.3 Å². The lowest BCUT2D eigenvalue weighted by Crippen LogP contribution is -2.30. The van der Waals surface area contributed by atoms with Gasteiger partial charge in [0.25, 0.3) is 5.91 Å². The third-order valence-corrected chi connectivity index (χ3v) is 3.67. The van der Waals surface area contributed by atoms with Crippen LogP contribution in [0.25, 0.3) is 0 Å². The summed E-state index contributed by atoms with van der Waals surface area (Å²) < 4.78 is 0.0729. The third-order valence-electron chi connectivity index (χ3n) is 2.92. The van der Waals surface area contributed by atoms with Gasteiger partial charge in [0.1, 0.15) is 4.47 Å². The Morgan fingerprint density at radius 3 is 2.65 bits per heavy atom. The van der Waals surface area contributed by atoms with Crippen LogP contribution in [0, 0.1) is 10.1 Å². The van der Waals surface area contributed by atoms with Crippen molar-refractivity contribution in [3.05, 3.63) is 20.3 Å². The lowest BCUT2D eigenvalue weighted by Gasteiger charge is -2.17. The largest absolute Gasteiger partial charge is 0.358 e. The molecule has 0 radical (unpaired) electrons. The molecule has 9 heteroatoms. The number of halogens is 1. The molecule has 0 saturated carbocycles. The second-order valence-corrected chi connectivity index (χ2v) is 4.92. The lowest BCUT2D eigenvalue weighted by atomic mass is 10.3. The molecule has 8 nitrogen and oxygen atoms in total. The van der Waals surface area contributed by atoms with Crippen molar-refractivity contribution in [1.29, 1.82) is 0 Å². The highest BCUT2D eigenvalue weighted by Gasteiger charge is 2.24. The van der Waals surface area contributed by atoms with Gasteiger partial charge in [-0.15, -0.1) is 5.10 Å². The second kappa shape index (κ2) is 7.95. The average molecular weight is 348 g/mol. The third kappa shape index (κ3) is 4.27. The minimum atomic E-state index is -0.631. The van der Waals surface area contributed by atoms with E-state index in [-0.39, 0.29) is 16.0 Å². The molecule has 0 saturated heterocycles. The fourth-order valence-corrected chi connectivity index (χ4v) is 2.22. The number of nitro groups is 1. The Hall–Kier alpha value is -1.48. The summed E-state index contributed by atoms with van der Waals surface area (Å²) in [5.74, 6) is -0.751. The summed E-state index contributed by atoms with van der Waals surface area (Å²) in [6.07, 6.45) is 0.817. The van der Waals surface area contributed by atoms with Gasteiger partial charge in [-0.1, -0.05) is 18.9 Å². The molecule has 0 aliphatic rings. The molecule has 0 unspecified atom stereocenters. The summed E-state index contributed by atoms with van der Waals surface area (Å²) in [7, 11) is 0. The van der Waals surface area contributed by atoms with Gasteiger partial charge in [-0.3, -0.25) is 4.79 Å². The Kier molecular flexibility index (Phi) is 6.59. The Bertz CT molecular complexity index is 473. The maximum absolute atomic E-state index is 11.8. The van der Waals surface area contributed by atoms with Crippen LogP contribution in [0.15, 0.2) is 4.47 Å². The standard InChI is InChI=1S/C11H18BrN5O3/c1-3-16(4-2)7-5-6-13-11(18)9-8(12)10(15-14-9)17(19)20/h3-7H2,1-2H3,(H,13,18)(H,14,15). The van der Waals surface area contributed by atoms with E-state index in [1.165, 1.54) is 0 Å². The van der Waals surface area contributed by atoms with Crippen molar-refractivity contribution in [2.24, 2.45) is 0 Å². The fourth-order valence-electron chi connectivity index (χ4n) is 1.72. The smallest absolute Gasteiger partial charge is 0.357 e. The van der Waals surface area contributed by atoms with Crippen LogP contribution in [-0.2, 0) is 0 Å². The Balaban J connectivity index is 2.46. The minimum absolute atomic E-state index is 0.000427. The molecule has 0 atom stereocenters. The van der Waals surface area contributed by atoms with Crippen LogP contribution in [-0.4, -0.2) is 52.1 Å². The number of H-pyrrole nitrogens is 1. The summed E-state index contributed by atoms with van der Waals surface area (Å²) in [5, 5.41) is 19.2. The molecule has 20 heavy (non-hydrogen) atoms. The number of amides is 1. The van der Waals surface area contributed by atoms with Gasteiger partial charge < -0.3 is 20.3 Å². The molecule has 0 aromatic carbocycles. The van der Waals surface area contributed by atoms with Gasteiger partial charge in [-0.05, 0) is 46.9 Å². The summed E-state index contributed by atoms with van der Waals surface area (Å²) in [4.78, 5) is 24.1. The molecule has 2 N–H and O–H groups in total. The first-order chi connectivity index (χ1) is 9.51.